The number of rotatable bonds is 4. The number of hydrogen-bond donors (Lipinski definition) is 1. The van der Waals surface area contributed by atoms with Crippen LogP contribution in [0, 0.1) is 6.92 Å². The molecular weight excluding hydrogens is 345 g/mol. The summed E-state index contributed by atoms with van der Waals surface area (Å²) in [5.74, 6) is 0. The zero-order valence-corrected chi connectivity index (χ0v) is 14.4. The van der Waals surface area contributed by atoms with Crippen LogP contribution in [0.1, 0.15) is 17.0 Å². The van der Waals surface area contributed by atoms with Crippen LogP contribution in [0.5, 0.6) is 0 Å². The molecule has 0 bridgehead atoms. The first-order valence-electron chi connectivity index (χ1n) is 6.38. The number of sulfonamides is 1. The summed E-state index contributed by atoms with van der Waals surface area (Å²) in [6.45, 7) is 1.89. The Morgan fingerprint density at radius 3 is 2.09 bits per heavy atom. The van der Waals surface area contributed by atoms with Crippen LogP contribution in [0.3, 0.4) is 0 Å². The Morgan fingerprint density at radius 2 is 1.64 bits per heavy atom. The molecule has 22 heavy (non-hydrogen) atoms. The van der Waals surface area contributed by atoms with E-state index >= 15 is 0 Å². The van der Waals surface area contributed by atoms with E-state index in [1.165, 1.54) is 12.1 Å². The van der Waals surface area contributed by atoms with Gasteiger partial charge in [-0.25, -0.2) is 13.6 Å². The minimum absolute atomic E-state index is 0.131. The van der Waals surface area contributed by atoms with Crippen LogP contribution >= 0.6 is 23.2 Å². The smallest absolute Gasteiger partial charge is 0.238 e. The summed E-state index contributed by atoms with van der Waals surface area (Å²) >= 11 is 9.53. The molecular formula is C14H17Cl2N3O2S. The van der Waals surface area contributed by atoms with Crippen molar-refractivity contribution in [1.29, 1.82) is 0 Å². The number of nitrogens with two attached hydrogens (primary N) is 1. The van der Waals surface area contributed by atoms with Gasteiger partial charge in [-0.1, -0.05) is 12.1 Å². The summed E-state index contributed by atoms with van der Waals surface area (Å²) in [6.07, 6.45) is 5.04. The molecule has 5 nitrogen and oxygen atoms in total. The minimum Gasteiger partial charge on any atom is -0.258 e. The SMILES string of the molecule is Cc1cnc(CCc2ccc(S(N)(=O)=O)cc2)cn1.ClCCl. The topological polar surface area (TPSA) is 85.9 Å². The van der Waals surface area contributed by atoms with Gasteiger partial charge in [0.1, 0.15) is 0 Å². The maximum atomic E-state index is 11.1. The van der Waals surface area contributed by atoms with Crippen LogP contribution < -0.4 is 5.14 Å². The molecule has 0 aliphatic carbocycles. The highest BCUT2D eigenvalue weighted by Crippen LogP contribution is 2.10. The molecule has 2 N–H and O–H groups in total. The molecule has 0 fully saturated rings. The molecule has 120 valence electrons. The average molecular weight is 362 g/mol. The quantitative estimate of drug-likeness (QED) is 0.848. The number of alkyl halides is 2. The van der Waals surface area contributed by atoms with Gasteiger partial charge in [-0.2, -0.15) is 0 Å². The normalized spacial score (nSPS) is 10.7. The summed E-state index contributed by atoms with van der Waals surface area (Å²) in [5.41, 5.74) is 2.84. The number of primary sulfonamides is 1. The van der Waals surface area contributed by atoms with Crippen LogP contribution in [0.25, 0.3) is 0 Å². The standard InChI is InChI=1S/C13H15N3O2S.CH2Cl2/c1-10-8-16-12(9-15-10)5-2-11-3-6-13(7-4-11)19(14,17)18;2-1-3/h3-4,6-9H,2,5H2,1H3,(H2,14,17,18);1H2. The number of nitrogens with zero attached hydrogens (tertiary/aromatic N) is 2. The van der Waals surface area contributed by atoms with Crippen molar-refractivity contribution in [3.8, 4) is 0 Å². The van der Waals surface area contributed by atoms with Gasteiger partial charge in [0, 0.05) is 12.4 Å². The highest BCUT2D eigenvalue weighted by molar-refractivity contribution is 7.89. The number of aryl methyl sites for hydroxylation is 3. The van der Waals surface area contributed by atoms with Crippen molar-refractivity contribution >= 4 is 33.2 Å². The third-order valence-corrected chi connectivity index (χ3v) is 3.69. The highest BCUT2D eigenvalue weighted by Gasteiger charge is 2.06. The molecule has 2 aromatic rings. The van der Waals surface area contributed by atoms with Crippen LogP contribution in [0.4, 0.5) is 0 Å². The van der Waals surface area contributed by atoms with E-state index in [-0.39, 0.29) is 10.2 Å². The third kappa shape index (κ3) is 6.70. The fraction of sp³-hybridized carbons (Fsp3) is 0.286. The Bertz CT molecular complexity index is 674. The van der Waals surface area contributed by atoms with Crippen molar-refractivity contribution in [3.05, 3.63) is 53.6 Å². The number of hydrogen-bond acceptors (Lipinski definition) is 4. The van der Waals surface area contributed by atoms with E-state index in [0.29, 0.717) is 0 Å². The summed E-state index contributed by atoms with van der Waals surface area (Å²) in [4.78, 5) is 8.58. The van der Waals surface area contributed by atoms with Gasteiger partial charge in [-0.05, 0) is 37.5 Å². The number of aromatic nitrogens is 2. The molecule has 0 unspecified atom stereocenters. The monoisotopic (exact) mass is 361 g/mol. The first kappa shape index (κ1) is 18.8. The van der Waals surface area contributed by atoms with E-state index < -0.39 is 10.0 Å². The second-order valence-corrected chi connectivity index (χ2v) is 6.81. The van der Waals surface area contributed by atoms with Crippen molar-refractivity contribution in [2.24, 2.45) is 5.14 Å². The van der Waals surface area contributed by atoms with Gasteiger partial charge in [0.15, 0.2) is 0 Å². The van der Waals surface area contributed by atoms with E-state index in [9.17, 15) is 8.42 Å². The first-order valence-corrected chi connectivity index (χ1v) is 8.99. The molecule has 1 aromatic heterocycles. The Balaban J connectivity index is 0.000000745. The molecule has 1 heterocycles. The lowest BCUT2D eigenvalue weighted by molar-refractivity contribution is 0.598. The average Bonchev–Trinajstić information content (AvgIpc) is 2.47. The Kier molecular flexibility index (Phi) is 7.75. The lowest BCUT2D eigenvalue weighted by atomic mass is 10.1. The van der Waals surface area contributed by atoms with Gasteiger partial charge in [0.05, 0.1) is 21.6 Å². The van der Waals surface area contributed by atoms with E-state index in [0.717, 1.165) is 29.8 Å². The van der Waals surface area contributed by atoms with Crippen molar-refractivity contribution in [2.75, 3.05) is 5.34 Å². The third-order valence-electron chi connectivity index (χ3n) is 2.76. The molecule has 0 aliphatic rings. The van der Waals surface area contributed by atoms with E-state index in [1.807, 2.05) is 6.92 Å². The Hall–Kier alpha value is -1.21. The summed E-state index contributed by atoms with van der Waals surface area (Å²) < 4.78 is 22.2. The van der Waals surface area contributed by atoms with Crippen molar-refractivity contribution in [2.45, 2.75) is 24.7 Å². The van der Waals surface area contributed by atoms with Gasteiger partial charge in [-0.3, -0.25) is 9.97 Å². The fourth-order valence-corrected chi connectivity index (χ4v) is 2.18. The summed E-state index contributed by atoms with van der Waals surface area (Å²) in [5, 5.41) is 5.23. The van der Waals surface area contributed by atoms with Crippen molar-refractivity contribution in [1.82, 2.24) is 9.97 Å². The first-order chi connectivity index (χ1) is 10.4. The fourth-order valence-electron chi connectivity index (χ4n) is 1.67. The molecule has 2 rings (SSSR count). The molecule has 0 aliphatic heterocycles. The molecule has 1 aromatic carbocycles. The van der Waals surface area contributed by atoms with Gasteiger partial charge in [0.2, 0.25) is 10.0 Å². The Morgan fingerprint density at radius 1 is 1.05 bits per heavy atom. The van der Waals surface area contributed by atoms with Crippen LogP contribution in [-0.2, 0) is 22.9 Å². The van der Waals surface area contributed by atoms with Gasteiger partial charge < -0.3 is 0 Å². The second kappa shape index (κ2) is 9.05. The van der Waals surface area contributed by atoms with E-state index in [2.05, 4.69) is 9.97 Å². The van der Waals surface area contributed by atoms with Gasteiger partial charge in [-0.15, -0.1) is 23.2 Å². The molecule has 8 heteroatoms. The summed E-state index contributed by atoms with van der Waals surface area (Å²) in [6, 6.07) is 6.57. The Labute approximate surface area is 140 Å². The predicted octanol–water partition coefficient (Wildman–Crippen LogP) is 2.64. The summed E-state index contributed by atoms with van der Waals surface area (Å²) in [7, 11) is -3.61. The maximum absolute atomic E-state index is 11.1. The molecule has 0 spiro atoms. The van der Waals surface area contributed by atoms with Crippen LogP contribution in [-0.4, -0.2) is 23.7 Å². The van der Waals surface area contributed by atoms with Gasteiger partial charge >= 0.3 is 0 Å². The number of halogens is 2. The minimum atomic E-state index is -3.61. The van der Waals surface area contributed by atoms with E-state index in [4.69, 9.17) is 28.3 Å². The molecule has 0 atom stereocenters. The number of benzene rings is 1. The molecule has 0 radical (unpaired) electrons. The lowest BCUT2D eigenvalue weighted by Crippen LogP contribution is -2.11. The highest BCUT2D eigenvalue weighted by atomic mass is 35.5. The lowest BCUT2D eigenvalue weighted by Gasteiger charge is -2.03. The molecule has 0 amide bonds. The van der Waals surface area contributed by atoms with Crippen LogP contribution in [0.2, 0.25) is 0 Å². The molecule has 0 saturated carbocycles. The van der Waals surface area contributed by atoms with E-state index in [1.54, 1.807) is 24.5 Å². The van der Waals surface area contributed by atoms with Crippen LogP contribution in [0.15, 0.2) is 41.6 Å². The van der Waals surface area contributed by atoms with Crippen molar-refractivity contribution < 1.29 is 8.42 Å². The van der Waals surface area contributed by atoms with Gasteiger partial charge in [0.25, 0.3) is 0 Å². The van der Waals surface area contributed by atoms with Crippen molar-refractivity contribution in [3.63, 3.8) is 0 Å². The largest absolute Gasteiger partial charge is 0.258 e. The second-order valence-electron chi connectivity index (χ2n) is 4.44. The zero-order valence-electron chi connectivity index (χ0n) is 12.0. The maximum Gasteiger partial charge on any atom is 0.238 e. The predicted molar refractivity (Wildman–Crippen MR) is 88.6 cm³/mol. The zero-order chi connectivity index (χ0) is 16.6. The molecule has 0 saturated heterocycles.